The first kappa shape index (κ1) is 19.4. The molecule has 3 aromatic heterocycles. The van der Waals surface area contributed by atoms with Gasteiger partial charge in [0.05, 0.1) is 12.5 Å². The lowest BCUT2D eigenvalue weighted by atomic mass is 9.87. The molecule has 5 heterocycles. The third-order valence-corrected chi connectivity index (χ3v) is 8.67. The molecule has 0 amide bonds. The number of piperidine rings is 1. The molecule has 0 radical (unpaired) electrons. The Morgan fingerprint density at radius 1 is 1.03 bits per heavy atom. The second kappa shape index (κ2) is 7.71. The van der Waals surface area contributed by atoms with Crippen LogP contribution in [0.25, 0.3) is 21.3 Å². The first-order valence-electron chi connectivity index (χ1n) is 11.5. The zero-order chi connectivity index (χ0) is 20.9. The number of hydrogen-bond donors (Lipinski definition) is 0. The normalized spacial score (nSPS) is 25.9. The van der Waals surface area contributed by atoms with Gasteiger partial charge in [0.2, 0.25) is 5.88 Å². The highest BCUT2D eigenvalue weighted by atomic mass is 32.1. The van der Waals surface area contributed by atoms with Gasteiger partial charge in [-0.05, 0) is 57.7 Å². The van der Waals surface area contributed by atoms with Crippen molar-refractivity contribution >= 4 is 27.4 Å². The van der Waals surface area contributed by atoms with E-state index in [0.717, 1.165) is 33.2 Å². The molecule has 6 rings (SSSR count). The topological polar surface area (TPSA) is 54.4 Å². The fourth-order valence-electron chi connectivity index (χ4n) is 5.93. The molecule has 31 heavy (non-hydrogen) atoms. The van der Waals surface area contributed by atoms with Gasteiger partial charge in [-0.3, -0.25) is 0 Å². The summed E-state index contributed by atoms with van der Waals surface area (Å²) in [6.07, 6.45) is 12.7. The molecule has 0 aromatic carbocycles. The van der Waals surface area contributed by atoms with Gasteiger partial charge in [-0.1, -0.05) is 6.42 Å². The Kier molecular flexibility index (Phi) is 4.83. The maximum atomic E-state index is 5.57. The maximum absolute atomic E-state index is 5.57. The summed E-state index contributed by atoms with van der Waals surface area (Å²) in [5.74, 6) is 1.75. The lowest BCUT2D eigenvalue weighted by Gasteiger charge is -2.47. The SMILES string of the molecule is COc1ncccc1-c1csc2ncnc(N3C4CCC3CC(N(C)C3CCC3)C4)c12. The van der Waals surface area contributed by atoms with E-state index in [1.165, 1.54) is 44.9 Å². The van der Waals surface area contributed by atoms with Gasteiger partial charge in [-0.2, -0.15) is 0 Å². The molecule has 2 unspecified atom stereocenters. The van der Waals surface area contributed by atoms with Gasteiger partial charge in [-0.25, -0.2) is 15.0 Å². The van der Waals surface area contributed by atoms with Crippen LogP contribution in [0, 0.1) is 0 Å². The number of nitrogens with zero attached hydrogens (tertiary/aromatic N) is 5. The van der Waals surface area contributed by atoms with Gasteiger partial charge in [0.25, 0.3) is 0 Å². The molecule has 2 aliphatic heterocycles. The molecule has 1 saturated carbocycles. The van der Waals surface area contributed by atoms with Gasteiger partial charge in [0.15, 0.2) is 0 Å². The van der Waals surface area contributed by atoms with Crippen molar-refractivity contribution in [2.24, 2.45) is 0 Å². The second-order valence-electron chi connectivity index (χ2n) is 9.25. The number of anilines is 1. The van der Waals surface area contributed by atoms with Crippen LogP contribution in [0.5, 0.6) is 5.88 Å². The second-order valence-corrected chi connectivity index (χ2v) is 10.1. The number of ether oxygens (including phenoxy) is 1. The summed E-state index contributed by atoms with van der Waals surface area (Å²) in [6, 6.07) is 6.69. The highest BCUT2D eigenvalue weighted by Gasteiger charge is 2.44. The van der Waals surface area contributed by atoms with Gasteiger partial charge < -0.3 is 14.5 Å². The quantitative estimate of drug-likeness (QED) is 0.577. The minimum absolute atomic E-state index is 0.563. The molecule has 3 fully saturated rings. The number of aromatic nitrogens is 3. The smallest absolute Gasteiger partial charge is 0.221 e. The van der Waals surface area contributed by atoms with Crippen LogP contribution < -0.4 is 9.64 Å². The van der Waals surface area contributed by atoms with Crippen LogP contribution in [0.4, 0.5) is 5.82 Å². The molecule has 0 N–H and O–H groups in total. The van der Waals surface area contributed by atoms with Gasteiger partial charge in [-0.15, -0.1) is 11.3 Å². The minimum Gasteiger partial charge on any atom is -0.481 e. The summed E-state index contributed by atoms with van der Waals surface area (Å²) in [5.41, 5.74) is 2.15. The third kappa shape index (κ3) is 3.12. The van der Waals surface area contributed by atoms with Gasteiger partial charge in [0, 0.05) is 46.9 Å². The van der Waals surface area contributed by atoms with Gasteiger partial charge >= 0.3 is 0 Å². The van der Waals surface area contributed by atoms with Crippen molar-refractivity contribution < 1.29 is 4.74 Å². The summed E-state index contributed by atoms with van der Waals surface area (Å²) in [6.45, 7) is 0. The molecule has 6 nitrogen and oxygen atoms in total. The first-order chi connectivity index (χ1) is 15.2. The Morgan fingerprint density at radius 2 is 1.84 bits per heavy atom. The number of thiophene rings is 1. The fourth-order valence-corrected chi connectivity index (χ4v) is 6.83. The monoisotopic (exact) mass is 435 g/mol. The number of rotatable bonds is 5. The molecule has 2 atom stereocenters. The zero-order valence-corrected chi connectivity index (χ0v) is 19.0. The highest BCUT2D eigenvalue weighted by Crippen LogP contribution is 2.46. The Bertz CT molecular complexity index is 1080. The lowest BCUT2D eigenvalue weighted by Crippen LogP contribution is -2.53. The summed E-state index contributed by atoms with van der Waals surface area (Å²) >= 11 is 1.68. The van der Waals surface area contributed by atoms with E-state index in [0.29, 0.717) is 24.0 Å². The van der Waals surface area contributed by atoms with E-state index in [1.807, 2.05) is 6.07 Å². The van der Waals surface area contributed by atoms with E-state index in [1.54, 1.807) is 31.0 Å². The summed E-state index contributed by atoms with van der Waals surface area (Å²) in [5, 5.41) is 3.34. The van der Waals surface area contributed by atoms with Crippen LogP contribution in [0.2, 0.25) is 0 Å². The average Bonchev–Trinajstić information content (AvgIpc) is 3.30. The summed E-state index contributed by atoms with van der Waals surface area (Å²) in [4.78, 5) is 20.3. The van der Waals surface area contributed by atoms with E-state index in [9.17, 15) is 0 Å². The molecular weight excluding hydrogens is 406 g/mol. The predicted molar refractivity (Wildman–Crippen MR) is 125 cm³/mol. The van der Waals surface area contributed by atoms with E-state index >= 15 is 0 Å². The van der Waals surface area contributed by atoms with Crippen LogP contribution >= 0.6 is 11.3 Å². The van der Waals surface area contributed by atoms with E-state index < -0.39 is 0 Å². The molecule has 162 valence electrons. The largest absolute Gasteiger partial charge is 0.481 e. The first-order valence-corrected chi connectivity index (χ1v) is 12.3. The molecule has 2 saturated heterocycles. The Morgan fingerprint density at radius 3 is 2.55 bits per heavy atom. The van der Waals surface area contributed by atoms with Crippen LogP contribution in [0.1, 0.15) is 44.9 Å². The Labute approximate surface area is 187 Å². The molecule has 2 bridgehead atoms. The van der Waals surface area contributed by atoms with Crippen molar-refractivity contribution in [3.63, 3.8) is 0 Å². The van der Waals surface area contributed by atoms with Gasteiger partial charge in [0.1, 0.15) is 17.0 Å². The molecular formula is C24H29N5OS. The fraction of sp³-hybridized carbons (Fsp3) is 0.542. The lowest BCUT2D eigenvalue weighted by molar-refractivity contribution is 0.0859. The van der Waals surface area contributed by atoms with E-state index in [4.69, 9.17) is 9.72 Å². The zero-order valence-electron chi connectivity index (χ0n) is 18.2. The van der Waals surface area contributed by atoms with Crippen molar-refractivity contribution in [1.29, 1.82) is 0 Å². The molecule has 3 aliphatic rings. The number of methoxy groups -OCH3 is 1. The summed E-state index contributed by atoms with van der Waals surface area (Å²) < 4.78 is 5.57. The molecule has 0 spiro atoms. The van der Waals surface area contributed by atoms with Crippen molar-refractivity contribution in [2.75, 3.05) is 19.1 Å². The third-order valence-electron chi connectivity index (χ3n) is 7.78. The Hall–Kier alpha value is -2.25. The molecule has 1 aliphatic carbocycles. The number of fused-ring (bicyclic) bond motifs is 3. The van der Waals surface area contributed by atoms with E-state index in [2.05, 4.69) is 38.3 Å². The van der Waals surface area contributed by atoms with Crippen molar-refractivity contribution in [3.05, 3.63) is 30.0 Å². The minimum atomic E-state index is 0.563. The Balaban J connectivity index is 1.38. The van der Waals surface area contributed by atoms with E-state index in [-0.39, 0.29) is 0 Å². The van der Waals surface area contributed by atoms with Crippen LogP contribution in [-0.4, -0.2) is 58.2 Å². The van der Waals surface area contributed by atoms with Crippen molar-refractivity contribution in [1.82, 2.24) is 19.9 Å². The summed E-state index contributed by atoms with van der Waals surface area (Å²) in [7, 11) is 4.04. The van der Waals surface area contributed by atoms with Crippen LogP contribution in [-0.2, 0) is 0 Å². The van der Waals surface area contributed by atoms with Crippen LogP contribution in [0.3, 0.4) is 0 Å². The standard InChI is InChI=1S/C24H29N5OS/c1-28(15-5-3-6-15)18-11-16-8-9-17(12-18)29(16)22-21-20(13-31-24(21)27-14-26-22)19-7-4-10-25-23(19)30-2/h4,7,10,13-18H,3,5-6,8-9,11-12H2,1-2H3. The molecule has 7 heteroatoms. The number of pyridine rings is 1. The average molecular weight is 436 g/mol. The van der Waals surface area contributed by atoms with Crippen LogP contribution in [0.15, 0.2) is 30.0 Å². The van der Waals surface area contributed by atoms with Crippen molar-refractivity contribution in [3.8, 4) is 17.0 Å². The highest BCUT2D eigenvalue weighted by molar-refractivity contribution is 7.17. The molecule has 3 aromatic rings. The maximum Gasteiger partial charge on any atom is 0.221 e. The predicted octanol–water partition coefficient (Wildman–Crippen LogP) is 4.75. The van der Waals surface area contributed by atoms with Crippen molar-refractivity contribution in [2.45, 2.75) is 69.1 Å². The number of hydrogen-bond acceptors (Lipinski definition) is 7.